The van der Waals surface area contributed by atoms with Crippen molar-refractivity contribution in [2.45, 2.75) is 12.1 Å². The molecule has 0 saturated carbocycles. The molecule has 0 radical (unpaired) electrons. The third-order valence-corrected chi connectivity index (χ3v) is 4.16. The molecule has 3 rings (SSSR count). The highest BCUT2D eigenvalue weighted by molar-refractivity contribution is 5.87. The third kappa shape index (κ3) is 3.36. The number of hydrogen-bond donors (Lipinski definition) is 3. The minimum Gasteiger partial charge on any atom is -0.503 e. The van der Waals surface area contributed by atoms with Crippen molar-refractivity contribution >= 4 is 5.97 Å². The molecule has 0 aliphatic rings. The summed E-state index contributed by atoms with van der Waals surface area (Å²) in [6, 6.07) is 17.1. The van der Waals surface area contributed by atoms with Gasteiger partial charge in [-0.15, -0.1) is 0 Å². The lowest BCUT2D eigenvalue weighted by atomic mass is 9.95. The lowest BCUT2D eigenvalue weighted by molar-refractivity contribution is 0.0692. The number of aliphatic hydroxyl groups is 1. The number of carbonyl (C=O) groups is 1. The van der Waals surface area contributed by atoms with Crippen molar-refractivity contribution in [3.8, 4) is 5.75 Å². The van der Waals surface area contributed by atoms with Crippen molar-refractivity contribution in [1.29, 1.82) is 0 Å². The van der Waals surface area contributed by atoms with E-state index in [0.29, 0.717) is 11.1 Å². The normalized spacial score (nSPS) is 13.1. The Balaban J connectivity index is 2.19. The van der Waals surface area contributed by atoms with Crippen molar-refractivity contribution in [3.63, 3.8) is 0 Å². The maximum Gasteiger partial charge on any atom is 0.341 e. The SMILES string of the molecule is O=C(O)c1cn([C@@H](c2ccccc2)[C@H](O)c2ccccc2)cc(O)c1=O. The monoisotopic (exact) mass is 351 g/mol. The molecule has 1 aromatic heterocycles. The molecule has 3 N–H and O–H groups in total. The van der Waals surface area contributed by atoms with Crippen LogP contribution in [-0.4, -0.2) is 25.9 Å². The zero-order valence-corrected chi connectivity index (χ0v) is 13.7. The summed E-state index contributed by atoms with van der Waals surface area (Å²) in [6.45, 7) is 0. The van der Waals surface area contributed by atoms with Crippen molar-refractivity contribution in [2.24, 2.45) is 0 Å². The van der Waals surface area contributed by atoms with Gasteiger partial charge in [-0.05, 0) is 11.1 Å². The molecule has 2 atom stereocenters. The minimum atomic E-state index is -1.44. The molecular weight excluding hydrogens is 334 g/mol. The van der Waals surface area contributed by atoms with Gasteiger partial charge in [0.25, 0.3) is 0 Å². The van der Waals surface area contributed by atoms with Gasteiger partial charge in [0.05, 0.1) is 12.2 Å². The van der Waals surface area contributed by atoms with Crippen LogP contribution < -0.4 is 5.43 Å². The van der Waals surface area contributed by atoms with E-state index in [2.05, 4.69) is 0 Å². The molecule has 0 bridgehead atoms. The largest absolute Gasteiger partial charge is 0.503 e. The van der Waals surface area contributed by atoms with Crippen LogP contribution in [0.1, 0.15) is 33.6 Å². The van der Waals surface area contributed by atoms with Crippen LogP contribution in [0.3, 0.4) is 0 Å². The topological polar surface area (TPSA) is 99.8 Å². The second-order valence-electron chi connectivity index (χ2n) is 5.85. The first-order valence-electron chi connectivity index (χ1n) is 7.95. The summed E-state index contributed by atoms with van der Waals surface area (Å²) in [4.78, 5) is 23.2. The van der Waals surface area contributed by atoms with E-state index < -0.39 is 34.9 Å². The molecular formula is C20H17NO5. The van der Waals surface area contributed by atoms with E-state index in [-0.39, 0.29) is 0 Å². The van der Waals surface area contributed by atoms with Crippen LogP contribution in [-0.2, 0) is 0 Å². The first-order chi connectivity index (χ1) is 12.5. The van der Waals surface area contributed by atoms with Crippen LogP contribution in [0.4, 0.5) is 0 Å². The Labute approximate surface area is 149 Å². The van der Waals surface area contributed by atoms with Crippen LogP contribution in [0, 0.1) is 0 Å². The van der Waals surface area contributed by atoms with Crippen LogP contribution in [0.25, 0.3) is 0 Å². The summed E-state index contributed by atoms with van der Waals surface area (Å²) in [5, 5.41) is 30.1. The summed E-state index contributed by atoms with van der Waals surface area (Å²) in [5.74, 6) is -2.13. The Hall–Kier alpha value is -3.38. The van der Waals surface area contributed by atoms with E-state index in [1.165, 1.54) is 4.57 Å². The molecule has 0 amide bonds. The average molecular weight is 351 g/mol. The van der Waals surface area contributed by atoms with E-state index in [4.69, 9.17) is 0 Å². The summed E-state index contributed by atoms with van der Waals surface area (Å²) in [6.07, 6.45) is 1.24. The molecule has 26 heavy (non-hydrogen) atoms. The quantitative estimate of drug-likeness (QED) is 0.656. The Morgan fingerprint density at radius 2 is 1.42 bits per heavy atom. The highest BCUT2D eigenvalue weighted by Crippen LogP contribution is 2.33. The number of pyridine rings is 1. The number of aliphatic hydroxyl groups excluding tert-OH is 1. The van der Waals surface area contributed by atoms with Gasteiger partial charge in [0.1, 0.15) is 11.7 Å². The van der Waals surface area contributed by atoms with Crippen molar-refractivity contribution in [1.82, 2.24) is 4.57 Å². The third-order valence-electron chi connectivity index (χ3n) is 4.16. The fraction of sp³-hybridized carbons (Fsp3) is 0.100. The number of nitrogens with zero attached hydrogens (tertiary/aromatic N) is 1. The standard InChI is InChI=1S/C20H17NO5/c22-16-12-21(11-15(19(16)24)20(25)26)17(13-7-3-1-4-8-13)18(23)14-9-5-2-6-10-14/h1-12,17-18,22-23H,(H,25,26)/t17-,18+/m0/s1. The molecule has 0 fully saturated rings. The number of carboxylic acid groups (broad SMARTS) is 1. The molecule has 1 heterocycles. The smallest absolute Gasteiger partial charge is 0.341 e. The van der Waals surface area contributed by atoms with Crippen molar-refractivity contribution in [2.75, 3.05) is 0 Å². The van der Waals surface area contributed by atoms with Gasteiger partial charge in [-0.25, -0.2) is 4.79 Å². The van der Waals surface area contributed by atoms with Gasteiger partial charge < -0.3 is 19.9 Å². The van der Waals surface area contributed by atoms with Gasteiger partial charge in [-0.2, -0.15) is 0 Å². The molecule has 0 saturated heterocycles. The van der Waals surface area contributed by atoms with E-state index >= 15 is 0 Å². The van der Waals surface area contributed by atoms with E-state index in [9.17, 15) is 24.9 Å². The van der Waals surface area contributed by atoms with Gasteiger partial charge in [0, 0.05) is 6.20 Å². The first kappa shape index (κ1) is 17.4. The Morgan fingerprint density at radius 1 is 0.885 bits per heavy atom. The zero-order chi connectivity index (χ0) is 18.7. The van der Waals surface area contributed by atoms with Gasteiger partial charge in [0.2, 0.25) is 5.43 Å². The van der Waals surface area contributed by atoms with Crippen molar-refractivity contribution < 1.29 is 20.1 Å². The summed E-state index contributed by atoms with van der Waals surface area (Å²) < 4.78 is 1.35. The predicted molar refractivity (Wildman–Crippen MR) is 95.3 cm³/mol. The number of hydrogen-bond acceptors (Lipinski definition) is 4. The second kappa shape index (κ2) is 7.25. The molecule has 0 unspecified atom stereocenters. The maximum absolute atomic E-state index is 11.9. The summed E-state index contributed by atoms with van der Waals surface area (Å²) >= 11 is 0. The predicted octanol–water partition coefficient (Wildman–Crippen LogP) is 2.58. The lowest BCUT2D eigenvalue weighted by Crippen LogP contribution is -2.24. The molecule has 0 aliphatic heterocycles. The van der Waals surface area contributed by atoms with Gasteiger partial charge in [0.15, 0.2) is 5.75 Å². The molecule has 132 valence electrons. The Kier molecular flexibility index (Phi) is 4.86. The van der Waals surface area contributed by atoms with Gasteiger partial charge in [-0.3, -0.25) is 4.79 Å². The number of aromatic nitrogens is 1. The molecule has 6 heteroatoms. The van der Waals surface area contributed by atoms with Crippen LogP contribution in [0.15, 0.2) is 77.9 Å². The number of aromatic carboxylic acids is 1. The molecule has 3 aromatic rings. The highest BCUT2D eigenvalue weighted by atomic mass is 16.4. The van der Waals surface area contributed by atoms with Gasteiger partial charge >= 0.3 is 5.97 Å². The lowest BCUT2D eigenvalue weighted by Gasteiger charge is -2.27. The van der Waals surface area contributed by atoms with Crippen LogP contribution in [0.5, 0.6) is 5.75 Å². The highest BCUT2D eigenvalue weighted by Gasteiger charge is 2.26. The van der Waals surface area contributed by atoms with Crippen LogP contribution >= 0.6 is 0 Å². The number of rotatable bonds is 5. The zero-order valence-electron chi connectivity index (χ0n) is 13.7. The first-order valence-corrected chi connectivity index (χ1v) is 7.95. The molecule has 6 nitrogen and oxygen atoms in total. The van der Waals surface area contributed by atoms with Crippen molar-refractivity contribution in [3.05, 3.63) is 100.0 Å². The minimum absolute atomic E-state index is 0.564. The second-order valence-corrected chi connectivity index (χ2v) is 5.85. The fourth-order valence-corrected chi connectivity index (χ4v) is 2.90. The number of aromatic hydroxyl groups is 1. The van der Waals surface area contributed by atoms with Crippen LogP contribution in [0.2, 0.25) is 0 Å². The number of benzene rings is 2. The van der Waals surface area contributed by atoms with E-state index in [1.807, 2.05) is 12.1 Å². The van der Waals surface area contributed by atoms with E-state index in [1.54, 1.807) is 48.5 Å². The maximum atomic E-state index is 11.9. The van der Waals surface area contributed by atoms with E-state index in [0.717, 1.165) is 12.4 Å². The molecule has 2 aromatic carbocycles. The Morgan fingerprint density at radius 3 is 1.96 bits per heavy atom. The fourth-order valence-electron chi connectivity index (χ4n) is 2.90. The van der Waals surface area contributed by atoms with Gasteiger partial charge in [-0.1, -0.05) is 60.7 Å². The summed E-state index contributed by atoms with van der Waals surface area (Å²) in [5.41, 5.74) is -0.208. The Bertz CT molecular complexity index is 966. The summed E-state index contributed by atoms with van der Waals surface area (Å²) in [7, 11) is 0. The number of carboxylic acids is 1. The average Bonchev–Trinajstić information content (AvgIpc) is 2.66. The molecule has 0 aliphatic carbocycles. The molecule has 0 spiro atoms.